The van der Waals surface area contributed by atoms with Gasteiger partial charge in [-0.3, -0.25) is 4.79 Å². The van der Waals surface area contributed by atoms with Crippen LogP contribution in [0.15, 0.2) is 48.5 Å². The highest BCUT2D eigenvalue weighted by Crippen LogP contribution is 2.25. The predicted molar refractivity (Wildman–Crippen MR) is 98.6 cm³/mol. The maximum Gasteiger partial charge on any atom is 0.251 e. The maximum atomic E-state index is 12.6. The molecule has 0 aliphatic rings. The van der Waals surface area contributed by atoms with Gasteiger partial charge < -0.3 is 10.1 Å². The molecule has 2 rings (SSSR count). The van der Waals surface area contributed by atoms with Crippen LogP contribution in [-0.2, 0) is 0 Å². The molecule has 0 heterocycles. The Hall–Kier alpha value is -2.29. The quantitative estimate of drug-likeness (QED) is 0.816. The largest absolute Gasteiger partial charge is 0.497 e. The van der Waals surface area contributed by atoms with Gasteiger partial charge in [0.2, 0.25) is 0 Å². The molecule has 3 nitrogen and oxygen atoms in total. The molecule has 0 fully saturated rings. The van der Waals surface area contributed by atoms with Crippen molar-refractivity contribution in [3.8, 4) is 5.75 Å². The van der Waals surface area contributed by atoms with Crippen LogP contribution in [-0.4, -0.2) is 13.0 Å². The van der Waals surface area contributed by atoms with Crippen LogP contribution in [0, 0.1) is 5.92 Å². The van der Waals surface area contributed by atoms with Crippen molar-refractivity contribution in [3.05, 3.63) is 65.2 Å². The molecule has 3 heteroatoms. The lowest BCUT2D eigenvalue weighted by Gasteiger charge is -2.23. The van der Waals surface area contributed by atoms with Crippen molar-refractivity contribution in [2.24, 2.45) is 5.92 Å². The van der Waals surface area contributed by atoms with Gasteiger partial charge in [0.1, 0.15) is 5.75 Å². The first kappa shape index (κ1) is 18.1. The van der Waals surface area contributed by atoms with Crippen LogP contribution in [0.3, 0.4) is 0 Å². The second-order valence-electron chi connectivity index (χ2n) is 6.75. The van der Waals surface area contributed by atoms with Crippen molar-refractivity contribution in [1.29, 1.82) is 0 Å². The molecule has 2 aromatic carbocycles. The summed E-state index contributed by atoms with van der Waals surface area (Å²) < 4.78 is 5.20. The second-order valence-corrected chi connectivity index (χ2v) is 6.75. The molecule has 0 bridgehead atoms. The van der Waals surface area contributed by atoms with Gasteiger partial charge in [0, 0.05) is 5.56 Å². The van der Waals surface area contributed by atoms with E-state index in [-0.39, 0.29) is 11.9 Å². The van der Waals surface area contributed by atoms with Crippen molar-refractivity contribution >= 4 is 5.91 Å². The highest BCUT2D eigenvalue weighted by atomic mass is 16.5. The van der Waals surface area contributed by atoms with Gasteiger partial charge in [-0.1, -0.05) is 58.0 Å². The average Bonchev–Trinajstić information content (AvgIpc) is 2.59. The average molecular weight is 325 g/mol. The van der Waals surface area contributed by atoms with E-state index in [4.69, 9.17) is 4.74 Å². The number of hydrogen-bond acceptors (Lipinski definition) is 2. The van der Waals surface area contributed by atoms with Crippen LogP contribution in [0.1, 0.15) is 61.1 Å². The Bertz CT molecular complexity index is 674. The fourth-order valence-corrected chi connectivity index (χ4v) is 2.71. The summed E-state index contributed by atoms with van der Waals surface area (Å²) in [4.78, 5) is 12.6. The number of carbonyl (C=O) groups is 1. The summed E-state index contributed by atoms with van der Waals surface area (Å²) in [7, 11) is 1.60. The first-order valence-corrected chi connectivity index (χ1v) is 8.47. The molecular weight excluding hydrogens is 298 g/mol. The molecule has 0 saturated heterocycles. The second kappa shape index (κ2) is 8.00. The number of hydrogen-bond donors (Lipinski definition) is 1. The van der Waals surface area contributed by atoms with Crippen LogP contribution in [0.2, 0.25) is 0 Å². The minimum atomic E-state index is -0.0828. The van der Waals surface area contributed by atoms with E-state index in [0.29, 0.717) is 23.1 Å². The fourth-order valence-electron chi connectivity index (χ4n) is 2.71. The molecule has 24 heavy (non-hydrogen) atoms. The Morgan fingerprint density at radius 1 is 0.958 bits per heavy atom. The van der Waals surface area contributed by atoms with Crippen LogP contribution in [0.4, 0.5) is 0 Å². The fraction of sp³-hybridized carbons (Fsp3) is 0.381. The number of benzene rings is 2. The Balaban J connectivity index is 2.20. The summed E-state index contributed by atoms with van der Waals surface area (Å²) in [5.41, 5.74) is 3.05. The summed E-state index contributed by atoms with van der Waals surface area (Å²) in [6.45, 7) is 8.60. The van der Waals surface area contributed by atoms with Crippen LogP contribution in [0.25, 0.3) is 0 Å². The van der Waals surface area contributed by atoms with E-state index in [2.05, 4.69) is 57.3 Å². The number of carbonyl (C=O) groups excluding carboxylic acids is 1. The van der Waals surface area contributed by atoms with Crippen molar-refractivity contribution in [2.45, 2.75) is 39.7 Å². The third kappa shape index (κ3) is 4.38. The van der Waals surface area contributed by atoms with E-state index < -0.39 is 0 Å². The molecule has 0 unspecified atom stereocenters. The van der Waals surface area contributed by atoms with E-state index >= 15 is 0 Å². The minimum Gasteiger partial charge on any atom is -0.497 e. The molecule has 0 radical (unpaired) electrons. The zero-order valence-electron chi connectivity index (χ0n) is 15.2. The molecule has 0 aliphatic carbocycles. The normalized spacial score (nSPS) is 12.3. The summed E-state index contributed by atoms with van der Waals surface area (Å²) in [5.74, 6) is 1.40. The number of methoxy groups -OCH3 is 1. The monoisotopic (exact) mass is 325 g/mol. The highest BCUT2D eigenvalue weighted by Gasteiger charge is 2.19. The van der Waals surface area contributed by atoms with E-state index in [0.717, 1.165) is 5.56 Å². The lowest BCUT2D eigenvalue weighted by molar-refractivity contribution is 0.0925. The Labute approximate surface area is 145 Å². The van der Waals surface area contributed by atoms with E-state index in [1.807, 2.05) is 12.1 Å². The molecule has 0 saturated carbocycles. The summed E-state index contributed by atoms with van der Waals surface area (Å²) in [6.07, 6.45) is 0. The summed E-state index contributed by atoms with van der Waals surface area (Å²) in [6, 6.07) is 15.7. The van der Waals surface area contributed by atoms with Crippen LogP contribution in [0.5, 0.6) is 5.75 Å². The minimum absolute atomic E-state index is 0.0232. The molecular formula is C21H27NO2. The summed E-state index contributed by atoms with van der Waals surface area (Å²) >= 11 is 0. The van der Waals surface area contributed by atoms with E-state index in [9.17, 15) is 4.79 Å². The number of ether oxygens (including phenoxy) is 1. The molecule has 0 spiro atoms. The Morgan fingerprint density at radius 3 is 2.12 bits per heavy atom. The van der Waals surface area contributed by atoms with Gasteiger partial charge in [0.05, 0.1) is 13.2 Å². The van der Waals surface area contributed by atoms with E-state index in [1.54, 1.807) is 19.2 Å². The molecule has 128 valence electrons. The maximum absolute atomic E-state index is 12.6. The number of rotatable bonds is 6. The predicted octanol–water partition coefficient (Wildman–Crippen LogP) is 4.95. The molecule has 0 aromatic heterocycles. The zero-order valence-corrected chi connectivity index (χ0v) is 15.2. The zero-order chi connectivity index (χ0) is 17.7. The van der Waals surface area contributed by atoms with Crippen LogP contribution < -0.4 is 10.1 Å². The topological polar surface area (TPSA) is 38.3 Å². The van der Waals surface area contributed by atoms with Gasteiger partial charge in [-0.25, -0.2) is 0 Å². The van der Waals surface area contributed by atoms with Gasteiger partial charge in [-0.2, -0.15) is 0 Å². The molecule has 1 N–H and O–H groups in total. The first-order chi connectivity index (χ1) is 11.4. The third-order valence-corrected chi connectivity index (χ3v) is 4.25. The molecule has 1 atom stereocenters. The van der Waals surface area contributed by atoms with Crippen molar-refractivity contribution in [2.75, 3.05) is 7.11 Å². The van der Waals surface area contributed by atoms with E-state index in [1.165, 1.54) is 5.56 Å². The first-order valence-electron chi connectivity index (χ1n) is 8.47. The smallest absolute Gasteiger partial charge is 0.251 e. The van der Waals surface area contributed by atoms with Gasteiger partial charge in [0.15, 0.2) is 0 Å². The van der Waals surface area contributed by atoms with Gasteiger partial charge >= 0.3 is 0 Å². The lowest BCUT2D eigenvalue weighted by atomic mass is 9.93. The Kier molecular flexibility index (Phi) is 6.02. The molecule has 1 amide bonds. The van der Waals surface area contributed by atoms with Crippen molar-refractivity contribution in [3.63, 3.8) is 0 Å². The summed E-state index contributed by atoms with van der Waals surface area (Å²) in [5, 5.41) is 3.15. The van der Waals surface area contributed by atoms with Gasteiger partial charge in [-0.05, 0) is 41.2 Å². The van der Waals surface area contributed by atoms with Crippen molar-refractivity contribution < 1.29 is 9.53 Å². The lowest BCUT2D eigenvalue weighted by Crippen LogP contribution is -2.31. The number of amides is 1. The number of nitrogens with one attached hydrogen (secondary N) is 1. The molecule has 2 aromatic rings. The van der Waals surface area contributed by atoms with Crippen LogP contribution >= 0.6 is 0 Å². The highest BCUT2D eigenvalue weighted by molar-refractivity contribution is 5.94. The standard InChI is InChI=1S/C21H27NO2/c1-14(2)16-9-11-17(12-10-16)20(15(3)4)22-21(23)18-7-6-8-19(13-18)24-5/h6-15,20H,1-5H3,(H,22,23)/t20-/m0/s1. The van der Waals surface area contributed by atoms with Gasteiger partial charge in [0.25, 0.3) is 5.91 Å². The van der Waals surface area contributed by atoms with Gasteiger partial charge in [-0.15, -0.1) is 0 Å². The molecule has 0 aliphatic heterocycles. The Morgan fingerprint density at radius 2 is 1.58 bits per heavy atom. The SMILES string of the molecule is COc1cccc(C(=O)N[C@H](c2ccc(C(C)C)cc2)C(C)C)c1. The third-order valence-electron chi connectivity index (χ3n) is 4.25. The van der Waals surface area contributed by atoms with Crippen molar-refractivity contribution in [1.82, 2.24) is 5.32 Å².